The number of amides is 1. The second-order valence-corrected chi connectivity index (χ2v) is 7.44. The molecule has 3 rings (SSSR count). The summed E-state index contributed by atoms with van der Waals surface area (Å²) in [6.45, 7) is 3.44. The molecule has 0 bridgehead atoms. The summed E-state index contributed by atoms with van der Waals surface area (Å²) in [6, 6.07) is 14.9. The van der Waals surface area contributed by atoms with E-state index in [9.17, 15) is 4.79 Å². The molecule has 0 atom stereocenters. The van der Waals surface area contributed by atoms with Crippen LogP contribution < -0.4 is 24.3 Å². The van der Waals surface area contributed by atoms with Crippen LogP contribution in [0.4, 0.5) is 0 Å². The number of ether oxygens (including phenoxy) is 4. The van der Waals surface area contributed by atoms with E-state index in [2.05, 4.69) is 10.3 Å². The minimum atomic E-state index is -0.206. The van der Waals surface area contributed by atoms with Crippen LogP contribution in [0.25, 0.3) is 6.08 Å². The molecule has 7 heteroatoms. The van der Waals surface area contributed by atoms with Gasteiger partial charge in [0.05, 0.1) is 20.8 Å². The van der Waals surface area contributed by atoms with E-state index in [0.29, 0.717) is 42.8 Å². The number of nitrogens with one attached hydrogen (secondary N) is 1. The predicted molar refractivity (Wildman–Crippen MR) is 131 cm³/mol. The van der Waals surface area contributed by atoms with Crippen molar-refractivity contribution in [2.45, 2.75) is 26.5 Å². The van der Waals surface area contributed by atoms with Crippen molar-refractivity contribution in [3.05, 3.63) is 83.7 Å². The fourth-order valence-electron chi connectivity index (χ4n) is 3.12. The first-order valence-electron chi connectivity index (χ1n) is 11.1. The lowest BCUT2D eigenvalue weighted by atomic mass is 10.1. The van der Waals surface area contributed by atoms with E-state index in [4.69, 9.17) is 18.9 Å². The lowest BCUT2D eigenvalue weighted by Crippen LogP contribution is -2.20. The highest BCUT2D eigenvalue weighted by atomic mass is 16.5. The van der Waals surface area contributed by atoms with Crippen molar-refractivity contribution in [2.24, 2.45) is 0 Å². The molecule has 0 spiro atoms. The molecule has 0 aliphatic rings. The molecular formula is C27H30N2O5. The lowest BCUT2D eigenvalue weighted by Gasteiger charge is -2.12. The average Bonchev–Trinajstić information content (AvgIpc) is 2.89. The van der Waals surface area contributed by atoms with Gasteiger partial charge in [-0.1, -0.05) is 19.1 Å². The van der Waals surface area contributed by atoms with E-state index in [1.54, 1.807) is 32.7 Å². The molecule has 178 valence electrons. The maximum absolute atomic E-state index is 12.3. The van der Waals surface area contributed by atoms with Crippen LogP contribution in [0.5, 0.6) is 23.0 Å². The van der Waals surface area contributed by atoms with Crippen LogP contribution in [-0.4, -0.2) is 31.7 Å². The summed E-state index contributed by atoms with van der Waals surface area (Å²) < 4.78 is 22.4. The van der Waals surface area contributed by atoms with Gasteiger partial charge in [-0.05, 0) is 65.6 Å². The van der Waals surface area contributed by atoms with Crippen LogP contribution in [0, 0.1) is 0 Å². The van der Waals surface area contributed by atoms with Crippen LogP contribution in [0.15, 0.2) is 67.0 Å². The van der Waals surface area contributed by atoms with Crippen LogP contribution in [0.2, 0.25) is 0 Å². The maximum atomic E-state index is 12.3. The molecule has 34 heavy (non-hydrogen) atoms. The van der Waals surface area contributed by atoms with E-state index in [-0.39, 0.29) is 5.91 Å². The molecule has 2 aromatic carbocycles. The van der Waals surface area contributed by atoms with Gasteiger partial charge in [-0.3, -0.25) is 9.78 Å². The molecule has 0 saturated heterocycles. The Morgan fingerprint density at radius 3 is 2.32 bits per heavy atom. The smallest absolute Gasteiger partial charge is 0.244 e. The van der Waals surface area contributed by atoms with Gasteiger partial charge in [0.2, 0.25) is 5.91 Å². The number of nitrogens with zero attached hydrogens (tertiary/aromatic N) is 1. The first-order valence-corrected chi connectivity index (χ1v) is 11.1. The van der Waals surface area contributed by atoms with E-state index in [1.165, 1.54) is 6.08 Å². The number of pyridine rings is 1. The van der Waals surface area contributed by atoms with Crippen LogP contribution >= 0.6 is 0 Å². The Hall–Kier alpha value is -4.00. The van der Waals surface area contributed by atoms with E-state index >= 15 is 0 Å². The summed E-state index contributed by atoms with van der Waals surface area (Å²) >= 11 is 0. The maximum Gasteiger partial charge on any atom is 0.244 e. The number of rotatable bonds is 12. The zero-order valence-corrected chi connectivity index (χ0v) is 19.7. The molecular weight excluding hydrogens is 432 g/mol. The molecule has 0 saturated carbocycles. The van der Waals surface area contributed by atoms with E-state index in [1.807, 2.05) is 55.5 Å². The van der Waals surface area contributed by atoms with Gasteiger partial charge in [0.25, 0.3) is 0 Å². The molecule has 7 nitrogen and oxygen atoms in total. The summed E-state index contributed by atoms with van der Waals surface area (Å²) in [6.07, 6.45) is 7.59. The standard InChI is InChI=1S/C27H30N2O5/c1-4-15-33-23-8-5-20(16-25(23)31-2)7-10-27(30)29-18-22-6-9-24(26(17-22)32-3)34-19-21-11-13-28-14-12-21/h5-14,16-17H,4,15,18-19H2,1-3H3,(H,29,30). The van der Waals surface area contributed by atoms with E-state index < -0.39 is 0 Å². The van der Waals surface area contributed by atoms with Crippen molar-refractivity contribution in [3.63, 3.8) is 0 Å². The molecule has 0 aliphatic heterocycles. The minimum Gasteiger partial charge on any atom is -0.493 e. The Morgan fingerprint density at radius 1 is 0.882 bits per heavy atom. The number of hydrogen-bond acceptors (Lipinski definition) is 6. The number of carbonyl (C=O) groups excluding carboxylic acids is 1. The number of hydrogen-bond donors (Lipinski definition) is 1. The second kappa shape index (κ2) is 12.9. The average molecular weight is 463 g/mol. The summed E-state index contributed by atoms with van der Waals surface area (Å²) in [4.78, 5) is 16.3. The SMILES string of the molecule is CCCOc1ccc(C=CC(=O)NCc2ccc(OCc3ccncc3)c(OC)c2)cc1OC. The summed E-state index contributed by atoms with van der Waals surface area (Å²) in [7, 11) is 3.19. The van der Waals surface area contributed by atoms with Gasteiger partial charge in [-0.2, -0.15) is 0 Å². The Balaban J connectivity index is 1.55. The fourth-order valence-corrected chi connectivity index (χ4v) is 3.12. The van der Waals surface area contributed by atoms with Gasteiger partial charge in [-0.15, -0.1) is 0 Å². The topological polar surface area (TPSA) is 78.9 Å². The second-order valence-electron chi connectivity index (χ2n) is 7.44. The summed E-state index contributed by atoms with van der Waals surface area (Å²) in [5.41, 5.74) is 2.75. The van der Waals surface area contributed by atoms with Crippen molar-refractivity contribution in [1.29, 1.82) is 0 Å². The minimum absolute atomic E-state index is 0.206. The van der Waals surface area contributed by atoms with Crippen molar-refractivity contribution < 1.29 is 23.7 Å². The molecule has 0 unspecified atom stereocenters. The van der Waals surface area contributed by atoms with Crippen LogP contribution in [0.1, 0.15) is 30.0 Å². The number of methoxy groups -OCH3 is 2. The molecule has 0 radical (unpaired) electrons. The van der Waals surface area contributed by atoms with Gasteiger partial charge in [0.1, 0.15) is 6.61 Å². The Kier molecular flexibility index (Phi) is 9.34. The number of carbonyl (C=O) groups is 1. The Bertz CT molecular complexity index is 1100. The van der Waals surface area contributed by atoms with Crippen molar-refractivity contribution in [2.75, 3.05) is 20.8 Å². The third-order valence-corrected chi connectivity index (χ3v) is 4.92. The molecule has 1 heterocycles. The van der Waals surface area contributed by atoms with Gasteiger partial charge in [0, 0.05) is 25.0 Å². The largest absolute Gasteiger partial charge is 0.493 e. The molecule has 1 N–H and O–H groups in total. The molecule has 3 aromatic rings. The van der Waals surface area contributed by atoms with Crippen LogP contribution in [0.3, 0.4) is 0 Å². The van der Waals surface area contributed by atoms with Gasteiger partial charge < -0.3 is 24.3 Å². The highest BCUT2D eigenvalue weighted by molar-refractivity contribution is 5.91. The normalized spacial score (nSPS) is 10.7. The third-order valence-electron chi connectivity index (χ3n) is 4.92. The van der Waals surface area contributed by atoms with Crippen molar-refractivity contribution >= 4 is 12.0 Å². The molecule has 1 amide bonds. The third kappa shape index (κ3) is 7.27. The lowest BCUT2D eigenvalue weighted by molar-refractivity contribution is -0.116. The Morgan fingerprint density at radius 2 is 1.59 bits per heavy atom. The number of aromatic nitrogens is 1. The zero-order chi connectivity index (χ0) is 24.2. The number of benzene rings is 2. The molecule has 0 fully saturated rings. The quantitative estimate of drug-likeness (QED) is 0.390. The summed E-state index contributed by atoms with van der Waals surface area (Å²) in [5, 5.41) is 2.88. The highest BCUT2D eigenvalue weighted by Crippen LogP contribution is 2.29. The highest BCUT2D eigenvalue weighted by Gasteiger charge is 2.08. The first kappa shape index (κ1) is 24.6. The summed E-state index contributed by atoms with van der Waals surface area (Å²) in [5.74, 6) is 2.35. The Labute approximate surface area is 200 Å². The molecule has 1 aromatic heterocycles. The van der Waals surface area contributed by atoms with Crippen LogP contribution in [-0.2, 0) is 17.9 Å². The predicted octanol–water partition coefficient (Wildman–Crippen LogP) is 4.80. The zero-order valence-electron chi connectivity index (χ0n) is 19.7. The van der Waals surface area contributed by atoms with Gasteiger partial charge in [-0.25, -0.2) is 0 Å². The first-order chi connectivity index (χ1) is 16.6. The van der Waals surface area contributed by atoms with Crippen molar-refractivity contribution in [1.82, 2.24) is 10.3 Å². The molecule has 0 aliphatic carbocycles. The van der Waals surface area contributed by atoms with E-state index in [0.717, 1.165) is 23.1 Å². The van der Waals surface area contributed by atoms with Crippen molar-refractivity contribution in [3.8, 4) is 23.0 Å². The fraction of sp³-hybridized carbons (Fsp3) is 0.259. The van der Waals surface area contributed by atoms with Gasteiger partial charge in [0.15, 0.2) is 23.0 Å². The monoisotopic (exact) mass is 462 g/mol. The van der Waals surface area contributed by atoms with Gasteiger partial charge >= 0.3 is 0 Å².